The summed E-state index contributed by atoms with van der Waals surface area (Å²) in [5, 5.41) is 4.79. The second kappa shape index (κ2) is 10.2. The first kappa shape index (κ1) is 26.3. The molecule has 46 heavy (non-hydrogen) atoms. The molecule has 218 valence electrons. The molecule has 0 aliphatic heterocycles. The molecule has 0 unspecified atom stereocenters. The van der Waals surface area contributed by atoms with Gasteiger partial charge < -0.3 is 4.57 Å². The van der Waals surface area contributed by atoms with Crippen LogP contribution in [-0.2, 0) is 0 Å². The summed E-state index contributed by atoms with van der Waals surface area (Å²) in [5.74, 6) is 1.90. The van der Waals surface area contributed by atoms with Crippen LogP contribution in [0.1, 0.15) is 11.1 Å². The summed E-state index contributed by atoms with van der Waals surface area (Å²) in [6.07, 6.45) is 0. The number of rotatable bonds is 4. The molecule has 5 nitrogen and oxygen atoms in total. The maximum atomic E-state index is 5.14. The van der Waals surface area contributed by atoms with Crippen LogP contribution in [-0.4, -0.2) is 24.1 Å². The summed E-state index contributed by atoms with van der Waals surface area (Å²) >= 11 is 0. The van der Waals surface area contributed by atoms with E-state index in [1.54, 1.807) is 0 Å². The maximum absolute atomic E-state index is 5.14. The second-order valence-corrected chi connectivity index (χ2v) is 11.9. The van der Waals surface area contributed by atoms with Crippen molar-refractivity contribution in [1.82, 2.24) is 24.1 Å². The summed E-state index contributed by atoms with van der Waals surface area (Å²) in [6.45, 7) is 4.22. The summed E-state index contributed by atoms with van der Waals surface area (Å²) in [4.78, 5) is 15.2. The molecule has 0 bridgehead atoms. The molecule has 0 N–H and O–H groups in total. The van der Waals surface area contributed by atoms with Gasteiger partial charge in [-0.2, -0.15) is 9.97 Å². The van der Waals surface area contributed by atoms with Crippen molar-refractivity contribution in [3.05, 3.63) is 151 Å². The lowest BCUT2D eigenvalue weighted by atomic mass is 10.1. The Labute approximate surface area is 266 Å². The molecule has 0 spiro atoms. The second-order valence-electron chi connectivity index (χ2n) is 11.9. The van der Waals surface area contributed by atoms with Crippen LogP contribution in [0.2, 0.25) is 0 Å². The normalized spacial score (nSPS) is 11.7. The number of nitrogens with zero attached hydrogens (tertiary/aromatic N) is 5. The van der Waals surface area contributed by atoms with Crippen LogP contribution >= 0.6 is 0 Å². The highest BCUT2D eigenvalue weighted by atomic mass is 15.2. The van der Waals surface area contributed by atoms with Crippen LogP contribution in [0.5, 0.6) is 0 Å². The zero-order valence-electron chi connectivity index (χ0n) is 25.5. The van der Waals surface area contributed by atoms with Crippen LogP contribution in [0.3, 0.4) is 0 Å². The summed E-state index contributed by atoms with van der Waals surface area (Å²) in [7, 11) is 0. The molecule has 9 rings (SSSR count). The summed E-state index contributed by atoms with van der Waals surface area (Å²) < 4.78 is 4.55. The van der Waals surface area contributed by atoms with Crippen LogP contribution in [0, 0.1) is 13.8 Å². The minimum atomic E-state index is 0.596. The zero-order chi connectivity index (χ0) is 30.8. The van der Waals surface area contributed by atoms with Crippen LogP contribution in [0.4, 0.5) is 0 Å². The van der Waals surface area contributed by atoms with Gasteiger partial charge >= 0.3 is 0 Å². The third kappa shape index (κ3) is 4.13. The Bertz CT molecular complexity index is 2540. The topological polar surface area (TPSA) is 48.5 Å². The van der Waals surface area contributed by atoms with Crippen molar-refractivity contribution in [2.45, 2.75) is 13.8 Å². The Morgan fingerprint density at radius 3 is 1.52 bits per heavy atom. The van der Waals surface area contributed by atoms with Crippen molar-refractivity contribution in [1.29, 1.82) is 0 Å². The lowest BCUT2D eigenvalue weighted by molar-refractivity contribution is 0.953. The third-order valence-corrected chi connectivity index (χ3v) is 8.83. The number of para-hydroxylation sites is 3. The largest absolute Gasteiger partial charge is 0.309 e. The number of fused-ring (bicyclic) bond motifs is 6. The Morgan fingerprint density at radius 1 is 0.391 bits per heavy atom. The van der Waals surface area contributed by atoms with Crippen molar-refractivity contribution in [2.24, 2.45) is 0 Å². The fourth-order valence-corrected chi connectivity index (χ4v) is 6.93. The van der Waals surface area contributed by atoms with Crippen molar-refractivity contribution in [3.63, 3.8) is 0 Å². The van der Waals surface area contributed by atoms with Crippen LogP contribution in [0.25, 0.3) is 78.0 Å². The average molecular weight is 592 g/mol. The van der Waals surface area contributed by atoms with E-state index in [4.69, 9.17) is 15.0 Å². The fourth-order valence-electron chi connectivity index (χ4n) is 6.93. The Kier molecular flexibility index (Phi) is 5.87. The minimum absolute atomic E-state index is 0.596. The molecule has 0 aliphatic rings. The zero-order valence-corrected chi connectivity index (χ0v) is 25.5. The van der Waals surface area contributed by atoms with E-state index in [-0.39, 0.29) is 0 Å². The van der Waals surface area contributed by atoms with E-state index in [1.807, 2.05) is 30.3 Å². The number of benzene rings is 6. The predicted molar refractivity (Wildman–Crippen MR) is 189 cm³/mol. The lowest BCUT2D eigenvalue weighted by Crippen LogP contribution is -2.06. The fraction of sp³-hybridized carbons (Fsp3) is 0.0488. The predicted octanol–water partition coefficient (Wildman–Crippen LogP) is 10.0. The molecule has 0 amide bonds. The minimum Gasteiger partial charge on any atom is -0.309 e. The number of hydrogen-bond donors (Lipinski definition) is 0. The van der Waals surface area contributed by atoms with Gasteiger partial charge in [0.25, 0.3) is 0 Å². The van der Waals surface area contributed by atoms with Crippen molar-refractivity contribution in [3.8, 4) is 34.4 Å². The van der Waals surface area contributed by atoms with E-state index in [1.165, 1.54) is 32.9 Å². The summed E-state index contributed by atoms with van der Waals surface area (Å²) in [6, 6.07) is 49.1. The van der Waals surface area contributed by atoms with Gasteiger partial charge in [-0.15, -0.1) is 0 Å². The molecule has 6 aromatic carbocycles. The van der Waals surface area contributed by atoms with Gasteiger partial charge in [0.1, 0.15) is 0 Å². The van der Waals surface area contributed by atoms with Gasteiger partial charge in [0.05, 0.1) is 22.1 Å². The Hall–Kier alpha value is -6.07. The Morgan fingerprint density at radius 2 is 0.891 bits per heavy atom. The molecule has 0 saturated carbocycles. The summed E-state index contributed by atoms with van der Waals surface area (Å²) in [5.41, 5.74) is 9.86. The molecular weight excluding hydrogens is 562 g/mol. The number of aromatic nitrogens is 5. The van der Waals surface area contributed by atoms with Gasteiger partial charge in [-0.3, -0.25) is 4.57 Å². The van der Waals surface area contributed by atoms with Crippen molar-refractivity contribution in [2.75, 3.05) is 0 Å². The van der Waals surface area contributed by atoms with Crippen LogP contribution < -0.4 is 0 Å². The molecule has 3 aromatic heterocycles. The van der Waals surface area contributed by atoms with E-state index in [2.05, 4.69) is 132 Å². The van der Waals surface area contributed by atoms with Gasteiger partial charge in [0, 0.05) is 38.4 Å². The molecule has 0 atom stereocenters. The van der Waals surface area contributed by atoms with E-state index in [0.29, 0.717) is 17.6 Å². The first-order valence-electron chi connectivity index (χ1n) is 15.5. The molecular formula is C41H29N5. The highest BCUT2D eigenvalue weighted by Gasteiger charge is 2.19. The van der Waals surface area contributed by atoms with E-state index >= 15 is 0 Å². The van der Waals surface area contributed by atoms with Crippen molar-refractivity contribution < 1.29 is 0 Å². The smallest absolute Gasteiger partial charge is 0.238 e. The first-order chi connectivity index (χ1) is 22.6. The van der Waals surface area contributed by atoms with E-state index < -0.39 is 0 Å². The average Bonchev–Trinajstić information content (AvgIpc) is 3.61. The number of aryl methyl sites for hydroxylation is 2. The number of hydrogen-bond acceptors (Lipinski definition) is 3. The van der Waals surface area contributed by atoms with Gasteiger partial charge in [-0.05, 0) is 62.4 Å². The molecule has 0 aliphatic carbocycles. The molecule has 0 radical (unpaired) electrons. The molecule has 5 heteroatoms. The maximum Gasteiger partial charge on any atom is 0.238 e. The quantitative estimate of drug-likeness (QED) is 0.205. The highest BCUT2D eigenvalue weighted by molar-refractivity contribution is 6.12. The first-order valence-corrected chi connectivity index (χ1v) is 15.5. The lowest BCUT2D eigenvalue weighted by Gasteiger charge is -2.12. The van der Waals surface area contributed by atoms with Crippen molar-refractivity contribution >= 4 is 43.6 Å². The van der Waals surface area contributed by atoms with Gasteiger partial charge in [0.15, 0.2) is 11.6 Å². The monoisotopic (exact) mass is 591 g/mol. The van der Waals surface area contributed by atoms with Gasteiger partial charge in [-0.1, -0.05) is 102 Å². The standard InChI is InChI=1S/C41H29N5/c1-26-22-27(2)24-29(23-26)40-42-39(28-12-4-3-5-13-28)43-41(44-40)46-37-19-11-8-16-33(37)34-25-30(20-21-38(34)46)45-35-17-9-6-14-31(35)32-15-7-10-18-36(32)45/h3-25H,1-2H3. The molecule has 0 fully saturated rings. The molecule has 0 saturated heterocycles. The SMILES string of the molecule is Cc1cc(C)cc(-c2nc(-c3ccccc3)nc(-n3c4ccccc4c4cc(-n5c6ccccc6c6ccccc65)ccc43)n2)c1. The van der Waals surface area contributed by atoms with E-state index in [0.717, 1.165) is 38.6 Å². The highest BCUT2D eigenvalue weighted by Crippen LogP contribution is 2.37. The Balaban J connectivity index is 1.32. The van der Waals surface area contributed by atoms with E-state index in [9.17, 15) is 0 Å². The van der Waals surface area contributed by atoms with Gasteiger partial charge in [0.2, 0.25) is 5.95 Å². The van der Waals surface area contributed by atoms with Crippen LogP contribution in [0.15, 0.2) is 140 Å². The third-order valence-electron chi connectivity index (χ3n) is 8.83. The molecule has 9 aromatic rings. The molecule has 3 heterocycles. The van der Waals surface area contributed by atoms with Gasteiger partial charge in [-0.25, -0.2) is 4.98 Å².